The third-order valence-electron chi connectivity index (χ3n) is 7.14. The quantitative estimate of drug-likeness (QED) is 0.292. The molecule has 3 aromatic heterocycles. The van der Waals surface area contributed by atoms with Crippen LogP contribution in [0.3, 0.4) is 0 Å². The van der Waals surface area contributed by atoms with Gasteiger partial charge in [-0.15, -0.1) is 6.58 Å². The van der Waals surface area contributed by atoms with E-state index in [0.717, 1.165) is 48.3 Å². The van der Waals surface area contributed by atoms with Crippen LogP contribution < -0.4 is 10.9 Å². The van der Waals surface area contributed by atoms with Crippen LogP contribution in [0, 0.1) is 0 Å². The number of allylic oxidation sites excluding steroid dienone is 1. The minimum absolute atomic E-state index is 0.192. The number of hydrogen-bond acceptors (Lipinski definition) is 6. The molecule has 0 atom stereocenters. The molecule has 0 aliphatic heterocycles. The van der Waals surface area contributed by atoms with E-state index in [1.54, 1.807) is 21.6 Å². The van der Waals surface area contributed by atoms with E-state index in [4.69, 9.17) is 4.98 Å². The predicted molar refractivity (Wildman–Crippen MR) is 150 cm³/mol. The number of likely N-dealkylation sites (N-methyl/N-ethyl adjacent to an activating group) is 1. The Balaban J connectivity index is 1.38. The largest absolute Gasteiger partial charge is 0.385 e. The molecule has 38 heavy (non-hydrogen) atoms. The van der Waals surface area contributed by atoms with Crippen LogP contribution >= 0.6 is 0 Å². The lowest BCUT2D eigenvalue weighted by Gasteiger charge is -2.14. The summed E-state index contributed by atoms with van der Waals surface area (Å²) in [4.78, 5) is 24.6. The summed E-state index contributed by atoms with van der Waals surface area (Å²) in [5, 5.41) is 15.5. The van der Waals surface area contributed by atoms with Crippen molar-refractivity contribution in [2.75, 3.05) is 26.0 Å². The molecule has 9 heteroatoms. The lowest BCUT2D eigenvalue weighted by molar-refractivity contribution is 0.151. The van der Waals surface area contributed by atoms with Gasteiger partial charge in [0.15, 0.2) is 5.65 Å². The van der Waals surface area contributed by atoms with Crippen LogP contribution in [-0.2, 0) is 18.7 Å². The van der Waals surface area contributed by atoms with E-state index < -0.39 is 5.60 Å². The molecular formula is C29H31N7O2. The van der Waals surface area contributed by atoms with Gasteiger partial charge in [0.2, 0.25) is 5.95 Å². The first-order valence-electron chi connectivity index (χ1n) is 12.8. The van der Waals surface area contributed by atoms with Gasteiger partial charge in [-0.2, -0.15) is 4.98 Å². The smallest absolute Gasteiger partial charge is 0.278 e. The third kappa shape index (κ3) is 4.29. The van der Waals surface area contributed by atoms with Gasteiger partial charge in [-0.25, -0.2) is 14.3 Å². The number of nitrogens with one attached hydrogen (secondary N) is 1. The topological polar surface area (TPSA) is 93.1 Å². The van der Waals surface area contributed by atoms with Crippen molar-refractivity contribution in [2.45, 2.75) is 31.5 Å². The van der Waals surface area contributed by atoms with Gasteiger partial charge in [0.1, 0.15) is 5.39 Å². The third-order valence-corrected chi connectivity index (χ3v) is 7.14. The number of rotatable bonds is 9. The summed E-state index contributed by atoms with van der Waals surface area (Å²) in [7, 11) is 4.14. The second-order valence-electron chi connectivity index (χ2n) is 10.2. The SMILES string of the molecule is C=CCn1c(=O)c2cnc(Nc3ccc4c(ccn4CCN(C)C)c3)nc2n1-c1cccc(C2(O)CC2)c1. The summed E-state index contributed by atoms with van der Waals surface area (Å²) in [6, 6.07) is 15.9. The van der Waals surface area contributed by atoms with Crippen molar-refractivity contribution in [1.82, 2.24) is 28.8 Å². The maximum Gasteiger partial charge on any atom is 0.278 e. The maximum absolute atomic E-state index is 13.3. The molecular weight excluding hydrogens is 478 g/mol. The van der Waals surface area contributed by atoms with E-state index in [9.17, 15) is 9.90 Å². The van der Waals surface area contributed by atoms with Crippen molar-refractivity contribution in [1.29, 1.82) is 0 Å². The molecule has 0 saturated heterocycles. The second-order valence-corrected chi connectivity index (χ2v) is 10.2. The van der Waals surface area contributed by atoms with Crippen LogP contribution in [0.25, 0.3) is 27.6 Å². The van der Waals surface area contributed by atoms with Crippen molar-refractivity contribution < 1.29 is 5.11 Å². The predicted octanol–water partition coefficient (Wildman–Crippen LogP) is 4.01. The molecule has 194 valence electrons. The van der Waals surface area contributed by atoms with E-state index in [0.29, 0.717) is 23.5 Å². The summed E-state index contributed by atoms with van der Waals surface area (Å²) in [6.07, 6.45) is 6.83. The van der Waals surface area contributed by atoms with Gasteiger partial charge in [-0.1, -0.05) is 18.2 Å². The molecule has 0 bridgehead atoms. The number of fused-ring (bicyclic) bond motifs is 2. The van der Waals surface area contributed by atoms with Gasteiger partial charge >= 0.3 is 0 Å². The van der Waals surface area contributed by atoms with Gasteiger partial charge in [0.05, 0.1) is 17.8 Å². The monoisotopic (exact) mass is 509 g/mol. The fraction of sp³-hybridized carbons (Fsp3) is 0.276. The highest BCUT2D eigenvalue weighted by Crippen LogP contribution is 2.45. The lowest BCUT2D eigenvalue weighted by Crippen LogP contribution is -2.21. The van der Waals surface area contributed by atoms with E-state index in [1.165, 1.54) is 5.52 Å². The molecule has 1 fully saturated rings. The zero-order valence-electron chi connectivity index (χ0n) is 21.6. The number of aromatic nitrogens is 5. The lowest BCUT2D eigenvalue weighted by atomic mass is 10.1. The summed E-state index contributed by atoms with van der Waals surface area (Å²) in [5.41, 5.74) is 3.14. The zero-order chi connectivity index (χ0) is 26.4. The minimum atomic E-state index is -0.783. The first-order valence-corrected chi connectivity index (χ1v) is 12.8. The van der Waals surface area contributed by atoms with Crippen LogP contribution in [0.2, 0.25) is 0 Å². The van der Waals surface area contributed by atoms with Crippen LogP contribution in [-0.4, -0.2) is 54.5 Å². The molecule has 1 aliphatic rings. The Kier molecular flexibility index (Phi) is 5.89. The van der Waals surface area contributed by atoms with Crippen LogP contribution in [0.5, 0.6) is 0 Å². The Morgan fingerprint density at radius 2 is 2.03 bits per heavy atom. The molecule has 0 spiro atoms. The Morgan fingerprint density at radius 3 is 2.79 bits per heavy atom. The fourth-order valence-corrected chi connectivity index (χ4v) is 4.88. The van der Waals surface area contributed by atoms with Crippen molar-refractivity contribution in [3.63, 3.8) is 0 Å². The fourth-order valence-electron chi connectivity index (χ4n) is 4.88. The first kappa shape index (κ1) is 24.1. The second kappa shape index (κ2) is 9.27. The van der Waals surface area contributed by atoms with Gasteiger partial charge < -0.3 is 19.9 Å². The van der Waals surface area contributed by atoms with Gasteiger partial charge in [-0.3, -0.25) is 4.79 Å². The number of hydrogen-bond donors (Lipinski definition) is 2. The van der Waals surface area contributed by atoms with E-state index in [1.807, 2.05) is 30.3 Å². The average molecular weight is 510 g/mol. The van der Waals surface area contributed by atoms with E-state index in [-0.39, 0.29) is 5.56 Å². The summed E-state index contributed by atoms with van der Waals surface area (Å²) in [6.45, 7) is 6.02. The number of nitrogens with zero attached hydrogens (tertiary/aromatic N) is 6. The zero-order valence-corrected chi connectivity index (χ0v) is 21.6. The molecule has 2 aromatic carbocycles. The van der Waals surface area contributed by atoms with Crippen LogP contribution in [0.1, 0.15) is 18.4 Å². The standard InChI is InChI=1S/C29H31N7O2/c1-4-13-35-27(37)24-19-30-28(31-22-8-9-25-20(17-22)10-14-34(25)16-15-33(2)3)32-26(24)36(35)23-7-5-6-21(18-23)29(38)11-12-29/h4-10,14,17-19,38H,1,11-13,15-16H2,2-3H3,(H,30,31,32). The van der Waals surface area contributed by atoms with Gasteiger partial charge in [-0.05, 0) is 68.9 Å². The molecule has 0 unspecified atom stereocenters. The summed E-state index contributed by atoms with van der Waals surface area (Å²) in [5.74, 6) is 0.394. The average Bonchev–Trinajstić information content (AvgIpc) is 3.44. The number of benzene rings is 2. The minimum Gasteiger partial charge on any atom is -0.385 e. The van der Waals surface area contributed by atoms with Crippen LogP contribution in [0.15, 0.2) is 78.4 Å². The Labute approximate surface area is 220 Å². The number of aliphatic hydroxyl groups is 1. The van der Waals surface area contributed by atoms with E-state index >= 15 is 0 Å². The first-order chi connectivity index (χ1) is 18.4. The molecule has 0 radical (unpaired) electrons. The van der Waals surface area contributed by atoms with Gasteiger partial charge in [0, 0.05) is 42.1 Å². The molecule has 9 nitrogen and oxygen atoms in total. The highest BCUT2D eigenvalue weighted by Gasteiger charge is 2.42. The van der Waals surface area contributed by atoms with Crippen molar-refractivity contribution in [2.24, 2.45) is 0 Å². The van der Waals surface area contributed by atoms with E-state index in [2.05, 4.69) is 64.8 Å². The molecule has 1 aliphatic carbocycles. The molecule has 5 aromatic rings. The normalized spacial score (nSPS) is 14.4. The van der Waals surface area contributed by atoms with Crippen molar-refractivity contribution >= 4 is 33.6 Å². The summed E-state index contributed by atoms with van der Waals surface area (Å²) < 4.78 is 5.62. The maximum atomic E-state index is 13.3. The number of anilines is 2. The molecule has 6 rings (SSSR count). The molecule has 2 N–H and O–H groups in total. The highest BCUT2D eigenvalue weighted by molar-refractivity contribution is 5.85. The highest BCUT2D eigenvalue weighted by atomic mass is 16.3. The molecule has 3 heterocycles. The summed E-state index contributed by atoms with van der Waals surface area (Å²) >= 11 is 0. The molecule has 0 amide bonds. The van der Waals surface area contributed by atoms with Gasteiger partial charge in [0.25, 0.3) is 5.56 Å². The Bertz CT molecular complexity index is 1720. The van der Waals surface area contributed by atoms with Crippen molar-refractivity contribution in [3.05, 3.63) is 89.5 Å². The van der Waals surface area contributed by atoms with Crippen LogP contribution in [0.4, 0.5) is 11.6 Å². The Morgan fingerprint density at radius 1 is 1.18 bits per heavy atom. The van der Waals surface area contributed by atoms with Crippen molar-refractivity contribution in [3.8, 4) is 5.69 Å². The Hall–Kier alpha value is -4.21. The molecule has 1 saturated carbocycles.